The monoisotopic (exact) mass is 582 g/mol. The third-order valence-electron chi connectivity index (χ3n) is 4.22. The van der Waals surface area contributed by atoms with Crippen LogP contribution in [0.5, 0.6) is 0 Å². The summed E-state index contributed by atoms with van der Waals surface area (Å²) in [6.45, 7) is 2.59. The molecule has 0 aliphatic carbocycles. The van der Waals surface area contributed by atoms with E-state index in [0.717, 1.165) is 6.42 Å². The van der Waals surface area contributed by atoms with E-state index in [1.54, 1.807) is 0 Å². The van der Waals surface area contributed by atoms with Gasteiger partial charge in [0.1, 0.15) is 0 Å². The van der Waals surface area contributed by atoms with E-state index in [4.69, 9.17) is 5.11 Å². The van der Waals surface area contributed by atoms with Gasteiger partial charge in [0.2, 0.25) is 0 Å². The largest absolute Gasteiger partial charge is 0.396 e. The van der Waals surface area contributed by atoms with Gasteiger partial charge in [-0.25, -0.2) is 0 Å². The molecule has 0 rings (SSSR count). The Labute approximate surface area is 177 Å². The Bertz CT molecular complexity index is 253. The van der Waals surface area contributed by atoms with Gasteiger partial charge < -0.3 is 5.11 Å². The minimum Gasteiger partial charge on any atom is -0.396 e. The maximum atomic E-state index is 8.75. The van der Waals surface area contributed by atoms with Crippen LogP contribution in [0.3, 0.4) is 0 Å². The lowest BCUT2D eigenvalue weighted by atomic mass is 10.0. The highest BCUT2D eigenvalue weighted by molar-refractivity contribution is 9.12. The van der Waals surface area contributed by atoms with Crippen LogP contribution in [0.1, 0.15) is 84.0 Å². The summed E-state index contributed by atoms with van der Waals surface area (Å²) < 4.78 is 0. The minimum atomic E-state index is 0.344. The number of halogens is 4. The molecule has 5 heteroatoms. The van der Waals surface area contributed by atoms with E-state index in [1.807, 2.05) is 0 Å². The lowest BCUT2D eigenvalue weighted by Crippen LogP contribution is -2.19. The normalized spacial score (nSPS) is 17.0. The SMILES string of the molecule is CCCCC(Br)C(Br)CCC(Br)C(Br)CCCCCCCCO. The topological polar surface area (TPSA) is 20.2 Å². The molecule has 0 amide bonds. The summed E-state index contributed by atoms with van der Waals surface area (Å²) in [5, 5.41) is 8.75. The van der Waals surface area contributed by atoms with Gasteiger partial charge in [0.25, 0.3) is 0 Å². The van der Waals surface area contributed by atoms with E-state index < -0.39 is 0 Å². The molecule has 4 atom stereocenters. The molecule has 0 aromatic rings. The van der Waals surface area contributed by atoms with Crippen molar-refractivity contribution in [2.24, 2.45) is 0 Å². The fraction of sp³-hybridized carbons (Fsp3) is 1.00. The maximum Gasteiger partial charge on any atom is 0.0431 e. The molecule has 0 spiro atoms. The first kappa shape index (κ1) is 24.9. The Morgan fingerprint density at radius 2 is 0.957 bits per heavy atom. The van der Waals surface area contributed by atoms with Crippen molar-refractivity contribution in [3.8, 4) is 0 Å². The molecule has 0 heterocycles. The van der Waals surface area contributed by atoms with E-state index in [9.17, 15) is 0 Å². The molecule has 0 aliphatic heterocycles. The lowest BCUT2D eigenvalue weighted by Gasteiger charge is -2.21. The zero-order chi connectivity index (χ0) is 17.5. The van der Waals surface area contributed by atoms with E-state index in [1.165, 1.54) is 70.6 Å². The molecular weight excluding hydrogens is 552 g/mol. The molecule has 1 N–H and O–H groups in total. The van der Waals surface area contributed by atoms with Crippen molar-refractivity contribution in [2.75, 3.05) is 6.61 Å². The average molecular weight is 586 g/mol. The van der Waals surface area contributed by atoms with Crippen molar-refractivity contribution in [1.29, 1.82) is 0 Å². The Morgan fingerprint density at radius 1 is 0.565 bits per heavy atom. The fourth-order valence-corrected chi connectivity index (χ4v) is 4.83. The molecule has 0 fully saturated rings. The molecule has 0 saturated carbocycles. The Balaban J connectivity index is 3.66. The van der Waals surface area contributed by atoms with Crippen LogP contribution in [0.15, 0.2) is 0 Å². The third-order valence-corrected chi connectivity index (χ3v) is 10.0. The zero-order valence-corrected chi connectivity index (χ0v) is 20.8. The molecule has 0 bridgehead atoms. The van der Waals surface area contributed by atoms with Crippen molar-refractivity contribution in [3.63, 3.8) is 0 Å². The van der Waals surface area contributed by atoms with Gasteiger partial charge in [0.15, 0.2) is 0 Å². The van der Waals surface area contributed by atoms with Gasteiger partial charge >= 0.3 is 0 Å². The highest BCUT2D eigenvalue weighted by atomic mass is 79.9. The van der Waals surface area contributed by atoms with Gasteiger partial charge in [-0.15, -0.1) is 0 Å². The highest BCUT2D eigenvalue weighted by Crippen LogP contribution is 2.29. The number of alkyl halides is 4. The molecule has 0 aromatic carbocycles. The Kier molecular flexibility index (Phi) is 18.7. The van der Waals surface area contributed by atoms with Crippen molar-refractivity contribution < 1.29 is 5.11 Å². The molecular formula is C18H34Br4O. The van der Waals surface area contributed by atoms with E-state index in [-0.39, 0.29) is 0 Å². The summed E-state index contributed by atoms with van der Waals surface area (Å²) in [4.78, 5) is 2.29. The molecule has 0 aliphatic rings. The van der Waals surface area contributed by atoms with Crippen LogP contribution in [0.4, 0.5) is 0 Å². The van der Waals surface area contributed by atoms with Gasteiger partial charge in [-0.2, -0.15) is 0 Å². The third kappa shape index (κ3) is 14.7. The second kappa shape index (κ2) is 17.3. The average Bonchev–Trinajstić information content (AvgIpc) is 2.55. The summed E-state index contributed by atoms with van der Waals surface area (Å²) >= 11 is 15.4. The lowest BCUT2D eigenvalue weighted by molar-refractivity contribution is 0.282. The molecule has 23 heavy (non-hydrogen) atoms. The van der Waals surface area contributed by atoms with Crippen molar-refractivity contribution >= 4 is 63.7 Å². The minimum absolute atomic E-state index is 0.344. The van der Waals surface area contributed by atoms with Crippen molar-refractivity contribution in [3.05, 3.63) is 0 Å². The van der Waals surface area contributed by atoms with Crippen LogP contribution in [-0.4, -0.2) is 31.0 Å². The molecule has 1 nitrogen and oxygen atoms in total. The molecule has 0 radical (unpaired) electrons. The summed E-state index contributed by atoms with van der Waals surface area (Å²) in [7, 11) is 0. The molecule has 0 aromatic heterocycles. The first-order valence-corrected chi connectivity index (χ1v) is 12.9. The summed E-state index contributed by atoms with van der Waals surface area (Å²) in [6.07, 6.45) is 14.8. The van der Waals surface area contributed by atoms with Crippen LogP contribution in [0, 0.1) is 0 Å². The van der Waals surface area contributed by atoms with Crippen LogP contribution in [0.2, 0.25) is 0 Å². The van der Waals surface area contributed by atoms with Crippen LogP contribution < -0.4 is 0 Å². The maximum absolute atomic E-state index is 8.75. The second-order valence-corrected chi connectivity index (χ2v) is 11.1. The predicted molar refractivity (Wildman–Crippen MR) is 119 cm³/mol. The van der Waals surface area contributed by atoms with Crippen LogP contribution in [-0.2, 0) is 0 Å². The summed E-state index contributed by atoms with van der Waals surface area (Å²) in [6, 6.07) is 0. The van der Waals surface area contributed by atoms with Gasteiger partial charge in [-0.1, -0.05) is 116 Å². The van der Waals surface area contributed by atoms with E-state index in [0.29, 0.717) is 25.9 Å². The number of hydrogen-bond acceptors (Lipinski definition) is 1. The van der Waals surface area contributed by atoms with E-state index >= 15 is 0 Å². The summed E-state index contributed by atoms with van der Waals surface area (Å²) in [5.74, 6) is 0. The number of hydrogen-bond donors (Lipinski definition) is 1. The van der Waals surface area contributed by atoms with Gasteiger partial charge in [-0.05, 0) is 32.1 Å². The first-order valence-electron chi connectivity index (χ1n) is 9.20. The fourth-order valence-electron chi connectivity index (χ4n) is 2.60. The van der Waals surface area contributed by atoms with Crippen molar-refractivity contribution in [1.82, 2.24) is 0 Å². The quantitative estimate of drug-likeness (QED) is 0.145. The number of aliphatic hydroxyl groups is 1. The second-order valence-electron chi connectivity index (χ2n) is 6.42. The van der Waals surface area contributed by atoms with E-state index in [2.05, 4.69) is 70.6 Å². The zero-order valence-electron chi connectivity index (χ0n) is 14.5. The van der Waals surface area contributed by atoms with Crippen LogP contribution in [0.25, 0.3) is 0 Å². The smallest absolute Gasteiger partial charge is 0.0431 e. The number of unbranched alkanes of at least 4 members (excludes halogenated alkanes) is 6. The Morgan fingerprint density at radius 3 is 1.43 bits per heavy atom. The first-order chi connectivity index (χ1) is 11.0. The van der Waals surface area contributed by atoms with Gasteiger partial charge in [-0.3, -0.25) is 0 Å². The van der Waals surface area contributed by atoms with Gasteiger partial charge in [0.05, 0.1) is 0 Å². The predicted octanol–water partition coefficient (Wildman–Crippen LogP) is 7.73. The molecule has 140 valence electrons. The van der Waals surface area contributed by atoms with Crippen LogP contribution >= 0.6 is 63.7 Å². The van der Waals surface area contributed by atoms with Gasteiger partial charge in [0, 0.05) is 25.9 Å². The number of rotatable bonds is 16. The standard InChI is InChI=1S/C18H34Br4O/c1-2-3-10-15(19)17(21)12-13-18(22)16(20)11-8-6-4-5-7-9-14-23/h15-18,23H,2-14H2,1H3. The molecule has 0 saturated heterocycles. The van der Waals surface area contributed by atoms with Crippen molar-refractivity contribution in [2.45, 2.75) is 103 Å². The summed E-state index contributed by atoms with van der Waals surface area (Å²) in [5.41, 5.74) is 0. The number of aliphatic hydroxyl groups excluding tert-OH is 1. The highest BCUT2D eigenvalue weighted by Gasteiger charge is 2.20. The Hall–Kier alpha value is 1.88. The molecule has 4 unspecified atom stereocenters.